The molecule has 0 aromatic heterocycles. The molecule has 142 valence electrons. The lowest BCUT2D eigenvalue weighted by Crippen LogP contribution is -2.63. The highest BCUT2D eigenvalue weighted by Gasteiger charge is 2.59. The van der Waals surface area contributed by atoms with Gasteiger partial charge in [-0.3, -0.25) is 4.79 Å². The highest BCUT2D eigenvalue weighted by molar-refractivity contribution is 5.83. The molecule has 4 bridgehead atoms. The average molecular weight is 364 g/mol. The summed E-state index contributed by atoms with van der Waals surface area (Å²) in [5.74, 6) is 3.14. The molecule has 2 aromatic rings. The Morgan fingerprint density at radius 2 is 1.78 bits per heavy atom. The summed E-state index contributed by atoms with van der Waals surface area (Å²) >= 11 is 0. The standard InChI is InChI=1S/C24H29NO2/c1-3-24-14-17-10-18(15-24)12-21(11-17)23(24)25(16(2)26)27-22-9-8-19-6-4-5-7-20(19)13-22/h4-9,13,17-18,21,23H,3,10-12,14-15H2,1-2H3/t17-,18+,21?,23?,24?. The van der Waals surface area contributed by atoms with Gasteiger partial charge < -0.3 is 4.84 Å². The predicted octanol–water partition coefficient (Wildman–Crippen LogP) is 5.59. The summed E-state index contributed by atoms with van der Waals surface area (Å²) in [4.78, 5) is 19.0. The lowest BCUT2D eigenvalue weighted by atomic mass is 9.46. The molecule has 4 saturated carbocycles. The van der Waals surface area contributed by atoms with Crippen LogP contribution in [0.3, 0.4) is 0 Å². The van der Waals surface area contributed by atoms with E-state index in [1.165, 1.54) is 37.5 Å². The maximum Gasteiger partial charge on any atom is 0.252 e. The van der Waals surface area contributed by atoms with E-state index in [-0.39, 0.29) is 17.4 Å². The van der Waals surface area contributed by atoms with Crippen LogP contribution in [0.2, 0.25) is 0 Å². The Kier molecular flexibility index (Phi) is 3.96. The molecule has 0 aliphatic heterocycles. The van der Waals surface area contributed by atoms with Crippen molar-refractivity contribution in [3.05, 3.63) is 42.5 Å². The Labute approximate surface area is 161 Å². The van der Waals surface area contributed by atoms with Crippen LogP contribution in [0.15, 0.2) is 42.5 Å². The zero-order valence-electron chi connectivity index (χ0n) is 16.4. The third-order valence-corrected chi connectivity index (χ3v) is 7.59. The molecule has 0 spiro atoms. The molecule has 0 N–H and O–H groups in total. The number of hydroxylamine groups is 2. The monoisotopic (exact) mass is 363 g/mol. The number of hydrogen-bond donors (Lipinski definition) is 0. The van der Waals surface area contributed by atoms with Gasteiger partial charge in [0.05, 0.1) is 6.04 Å². The van der Waals surface area contributed by atoms with Gasteiger partial charge in [0.15, 0.2) is 5.75 Å². The SMILES string of the molecule is CCC12C[C@@H]3CC(C[C@@H](C3)C1)C2N(Oc1ccc2ccccc2c1)C(C)=O. The molecule has 4 aliphatic rings. The number of amides is 1. The van der Waals surface area contributed by atoms with Crippen LogP contribution < -0.4 is 4.84 Å². The third-order valence-electron chi connectivity index (χ3n) is 7.59. The van der Waals surface area contributed by atoms with Crippen LogP contribution in [0, 0.1) is 23.2 Å². The van der Waals surface area contributed by atoms with E-state index in [1.807, 2.05) is 18.2 Å². The summed E-state index contributed by atoms with van der Waals surface area (Å²) in [6.07, 6.45) is 7.64. The second-order valence-electron chi connectivity index (χ2n) is 9.21. The zero-order chi connectivity index (χ0) is 18.6. The van der Waals surface area contributed by atoms with Crippen molar-refractivity contribution in [3.63, 3.8) is 0 Å². The highest BCUT2D eigenvalue weighted by Crippen LogP contribution is 2.62. The lowest BCUT2D eigenvalue weighted by Gasteiger charge is -2.62. The van der Waals surface area contributed by atoms with Crippen LogP contribution in [0.1, 0.15) is 52.4 Å². The van der Waals surface area contributed by atoms with Gasteiger partial charge in [0.25, 0.3) is 5.91 Å². The van der Waals surface area contributed by atoms with Gasteiger partial charge in [0, 0.05) is 6.92 Å². The Balaban J connectivity index is 1.49. The van der Waals surface area contributed by atoms with Crippen molar-refractivity contribution in [1.82, 2.24) is 5.06 Å². The molecule has 27 heavy (non-hydrogen) atoms. The van der Waals surface area contributed by atoms with Gasteiger partial charge in [-0.05, 0) is 84.6 Å². The number of nitrogens with zero attached hydrogens (tertiary/aromatic N) is 1. The summed E-state index contributed by atoms with van der Waals surface area (Å²) in [5.41, 5.74) is 0.247. The molecule has 3 nitrogen and oxygen atoms in total. The number of carbonyl (C=O) groups is 1. The van der Waals surface area contributed by atoms with Gasteiger partial charge in [-0.1, -0.05) is 37.3 Å². The minimum Gasteiger partial charge on any atom is -0.377 e. The van der Waals surface area contributed by atoms with Crippen molar-refractivity contribution in [2.45, 2.75) is 58.4 Å². The largest absolute Gasteiger partial charge is 0.377 e. The topological polar surface area (TPSA) is 29.5 Å². The van der Waals surface area contributed by atoms with Crippen LogP contribution in [0.25, 0.3) is 10.8 Å². The first-order valence-corrected chi connectivity index (χ1v) is 10.5. The van der Waals surface area contributed by atoms with E-state index in [2.05, 4.69) is 31.2 Å². The van der Waals surface area contributed by atoms with Gasteiger partial charge >= 0.3 is 0 Å². The first-order valence-electron chi connectivity index (χ1n) is 10.5. The van der Waals surface area contributed by atoms with Gasteiger partial charge in [-0.15, -0.1) is 0 Å². The minimum atomic E-state index is 0.0356. The summed E-state index contributed by atoms with van der Waals surface area (Å²) in [6, 6.07) is 14.6. The average Bonchev–Trinajstić information content (AvgIpc) is 2.66. The molecule has 1 amide bonds. The van der Waals surface area contributed by atoms with Crippen molar-refractivity contribution in [2.75, 3.05) is 0 Å². The molecule has 3 heteroatoms. The van der Waals surface area contributed by atoms with Crippen LogP contribution in [-0.2, 0) is 4.79 Å². The number of rotatable bonds is 4. The van der Waals surface area contributed by atoms with E-state index in [0.717, 1.165) is 29.4 Å². The second-order valence-corrected chi connectivity index (χ2v) is 9.21. The van der Waals surface area contributed by atoms with Crippen LogP contribution in [-0.4, -0.2) is 17.0 Å². The maximum atomic E-state index is 12.7. The number of hydrogen-bond acceptors (Lipinski definition) is 2. The van der Waals surface area contributed by atoms with Crippen molar-refractivity contribution in [1.29, 1.82) is 0 Å². The summed E-state index contributed by atoms with van der Waals surface area (Å²) in [7, 11) is 0. The number of carbonyl (C=O) groups excluding carboxylic acids is 1. The molecule has 0 radical (unpaired) electrons. The van der Waals surface area contributed by atoms with Crippen LogP contribution >= 0.6 is 0 Å². The molecular weight excluding hydrogens is 334 g/mol. The number of benzene rings is 2. The summed E-state index contributed by atoms with van der Waals surface area (Å²) in [6.45, 7) is 3.98. The first-order chi connectivity index (χ1) is 13.1. The molecule has 5 atom stereocenters. The fourth-order valence-electron chi connectivity index (χ4n) is 6.77. The fourth-order valence-corrected chi connectivity index (χ4v) is 6.77. The van der Waals surface area contributed by atoms with E-state index < -0.39 is 0 Å². The molecule has 3 unspecified atom stereocenters. The Bertz CT molecular complexity index is 862. The summed E-state index contributed by atoms with van der Waals surface area (Å²) < 4.78 is 0. The molecular formula is C24H29NO2. The maximum absolute atomic E-state index is 12.7. The van der Waals surface area contributed by atoms with E-state index in [4.69, 9.17) is 4.84 Å². The smallest absolute Gasteiger partial charge is 0.252 e. The molecule has 0 saturated heterocycles. The minimum absolute atomic E-state index is 0.0356. The third kappa shape index (κ3) is 2.74. The van der Waals surface area contributed by atoms with E-state index in [9.17, 15) is 4.79 Å². The molecule has 2 aromatic carbocycles. The molecule has 0 heterocycles. The van der Waals surface area contributed by atoms with Crippen molar-refractivity contribution < 1.29 is 9.63 Å². The van der Waals surface area contributed by atoms with Crippen molar-refractivity contribution >= 4 is 16.7 Å². The zero-order valence-corrected chi connectivity index (χ0v) is 16.4. The van der Waals surface area contributed by atoms with Crippen molar-refractivity contribution in [2.24, 2.45) is 23.2 Å². The molecule has 4 aliphatic carbocycles. The van der Waals surface area contributed by atoms with Crippen LogP contribution in [0.5, 0.6) is 5.75 Å². The van der Waals surface area contributed by atoms with E-state index in [1.54, 1.807) is 12.0 Å². The van der Waals surface area contributed by atoms with Gasteiger partial charge in [0.1, 0.15) is 0 Å². The number of fused-ring (bicyclic) bond motifs is 1. The Morgan fingerprint density at radius 1 is 1.07 bits per heavy atom. The lowest BCUT2D eigenvalue weighted by molar-refractivity contribution is -0.214. The second kappa shape index (κ2) is 6.25. The van der Waals surface area contributed by atoms with Gasteiger partial charge in [-0.2, -0.15) is 5.06 Å². The normalized spacial score (nSPS) is 34.0. The van der Waals surface area contributed by atoms with Crippen LogP contribution in [0.4, 0.5) is 0 Å². The quantitative estimate of drug-likeness (QED) is 0.663. The van der Waals surface area contributed by atoms with Crippen molar-refractivity contribution in [3.8, 4) is 5.75 Å². The molecule has 4 fully saturated rings. The molecule has 6 rings (SSSR count). The Morgan fingerprint density at radius 3 is 2.44 bits per heavy atom. The van der Waals surface area contributed by atoms with E-state index in [0.29, 0.717) is 5.92 Å². The highest BCUT2D eigenvalue weighted by atomic mass is 16.7. The van der Waals surface area contributed by atoms with E-state index >= 15 is 0 Å². The summed E-state index contributed by atoms with van der Waals surface area (Å²) in [5, 5.41) is 4.10. The van der Waals surface area contributed by atoms with Gasteiger partial charge in [-0.25, -0.2) is 0 Å². The first kappa shape index (κ1) is 17.1. The fraction of sp³-hybridized carbons (Fsp3) is 0.542. The van der Waals surface area contributed by atoms with Gasteiger partial charge in [0.2, 0.25) is 0 Å². The Hall–Kier alpha value is -2.03. The predicted molar refractivity (Wildman–Crippen MR) is 107 cm³/mol.